The SMILES string of the molecule is CCCCNC(=O)NC(NC(=O)c1cnc(N2CCNCC2)s1)c1nc2ncncc2[nH]1. The minimum atomic E-state index is -0.886. The monoisotopic (exact) mass is 458 g/mol. The molecule has 4 heterocycles. The maximum absolute atomic E-state index is 13.0. The Morgan fingerprint density at radius 3 is 2.84 bits per heavy atom. The Morgan fingerprint density at radius 1 is 1.22 bits per heavy atom. The molecule has 1 aliphatic heterocycles. The van der Waals surface area contributed by atoms with Crippen LogP contribution >= 0.6 is 11.3 Å². The van der Waals surface area contributed by atoms with E-state index >= 15 is 0 Å². The molecule has 1 unspecified atom stereocenters. The molecule has 1 saturated heterocycles. The third kappa shape index (κ3) is 5.29. The number of piperazine rings is 1. The van der Waals surface area contributed by atoms with E-state index < -0.39 is 12.2 Å². The maximum atomic E-state index is 13.0. The third-order valence-electron chi connectivity index (χ3n) is 4.93. The first-order valence-electron chi connectivity index (χ1n) is 10.6. The highest BCUT2D eigenvalue weighted by Crippen LogP contribution is 2.23. The number of carbonyl (C=O) groups is 2. The van der Waals surface area contributed by atoms with Crippen LogP contribution in [0.5, 0.6) is 0 Å². The van der Waals surface area contributed by atoms with Crippen LogP contribution in [0.2, 0.25) is 0 Å². The summed E-state index contributed by atoms with van der Waals surface area (Å²) in [6.45, 7) is 6.04. The number of fused-ring (bicyclic) bond motifs is 1. The molecule has 0 aromatic carbocycles. The van der Waals surface area contributed by atoms with Crippen LogP contribution in [-0.2, 0) is 0 Å². The molecule has 0 spiro atoms. The molecule has 0 aliphatic carbocycles. The number of thiazole rings is 1. The number of aromatic amines is 1. The van der Waals surface area contributed by atoms with Crippen LogP contribution < -0.4 is 26.2 Å². The number of nitrogens with zero attached hydrogens (tertiary/aromatic N) is 5. The van der Waals surface area contributed by atoms with Gasteiger partial charge >= 0.3 is 6.03 Å². The Bertz CT molecular complexity index is 1030. The van der Waals surface area contributed by atoms with E-state index in [1.165, 1.54) is 17.7 Å². The Kier molecular flexibility index (Phi) is 7.07. The van der Waals surface area contributed by atoms with Crippen LogP contribution in [0.3, 0.4) is 0 Å². The largest absolute Gasteiger partial charge is 0.346 e. The van der Waals surface area contributed by atoms with E-state index in [1.807, 2.05) is 6.92 Å². The van der Waals surface area contributed by atoms with Crippen molar-refractivity contribution < 1.29 is 9.59 Å². The molecule has 170 valence electrons. The zero-order valence-corrected chi connectivity index (χ0v) is 18.5. The van der Waals surface area contributed by atoms with Crippen molar-refractivity contribution in [2.45, 2.75) is 25.9 Å². The molecular weight excluding hydrogens is 432 g/mol. The van der Waals surface area contributed by atoms with Crippen molar-refractivity contribution in [1.29, 1.82) is 0 Å². The van der Waals surface area contributed by atoms with Crippen molar-refractivity contribution in [3.05, 3.63) is 29.4 Å². The van der Waals surface area contributed by atoms with Gasteiger partial charge in [-0.1, -0.05) is 24.7 Å². The number of H-pyrrole nitrogens is 1. The molecule has 1 aliphatic rings. The second-order valence-electron chi connectivity index (χ2n) is 7.29. The summed E-state index contributed by atoms with van der Waals surface area (Å²) in [7, 11) is 0. The van der Waals surface area contributed by atoms with Gasteiger partial charge in [-0.05, 0) is 6.42 Å². The first-order chi connectivity index (χ1) is 15.6. The van der Waals surface area contributed by atoms with Gasteiger partial charge in [-0.15, -0.1) is 0 Å². The molecule has 3 aromatic rings. The van der Waals surface area contributed by atoms with Crippen molar-refractivity contribution in [3.63, 3.8) is 0 Å². The minimum absolute atomic E-state index is 0.353. The van der Waals surface area contributed by atoms with E-state index in [9.17, 15) is 9.59 Å². The van der Waals surface area contributed by atoms with Crippen LogP contribution in [0.25, 0.3) is 11.2 Å². The lowest BCUT2D eigenvalue weighted by Gasteiger charge is -2.26. The number of hydrogen-bond donors (Lipinski definition) is 5. The molecule has 1 fully saturated rings. The average molecular weight is 459 g/mol. The number of anilines is 1. The maximum Gasteiger partial charge on any atom is 0.316 e. The number of amides is 3. The lowest BCUT2D eigenvalue weighted by molar-refractivity contribution is 0.0933. The van der Waals surface area contributed by atoms with Gasteiger partial charge < -0.3 is 31.2 Å². The predicted octanol–water partition coefficient (Wildman–Crippen LogP) is 0.747. The molecule has 1 atom stereocenters. The molecular formula is C19H26N10O2S. The van der Waals surface area contributed by atoms with Crippen molar-refractivity contribution >= 4 is 39.6 Å². The molecule has 32 heavy (non-hydrogen) atoms. The van der Waals surface area contributed by atoms with Crippen molar-refractivity contribution in [1.82, 2.24) is 46.2 Å². The zero-order chi connectivity index (χ0) is 22.3. The highest BCUT2D eigenvalue weighted by atomic mass is 32.1. The fraction of sp³-hybridized carbons (Fsp3) is 0.474. The highest BCUT2D eigenvalue weighted by molar-refractivity contribution is 7.17. The van der Waals surface area contributed by atoms with Gasteiger partial charge in [0.1, 0.15) is 16.7 Å². The summed E-state index contributed by atoms with van der Waals surface area (Å²) in [5.41, 5.74) is 1.05. The Labute approximate surface area is 188 Å². The molecule has 4 rings (SSSR count). The van der Waals surface area contributed by atoms with E-state index in [4.69, 9.17) is 0 Å². The molecule has 3 amide bonds. The average Bonchev–Trinajstić information content (AvgIpc) is 3.47. The number of hydrogen-bond acceptors (Lipinski definition) is 9. The fourth-order valence-corrected chi connectivity index (χ4v) is 4.10. The van der Waals surface area contributed by atoms with Gasteiger partial charge in [-0.25, -0.2) is 24.7 Å². The van der Waals surface area contributed by atoms with Crippen LogP contribution in [-0.4, -0.2) is 69.6 Å². The molecule has 5 N–H and O–H groups in total. The second-order valence-corrected chi connectivity index (χ2v) is 8.30. The van der Waals surface area contributed by atoms with Gasteiger partial charge in [0.15, 0.2) is 22.8 Å². The summed E-state index contributed by atoms with van der Waals surface area (Å²) in [5, 5.41) is 12.5. The topological polar surface area (TPSA) is 153 Å². The van der Waals surface area contributed by atoms with E-state index in [-0.39, 0.29) is 5.91 Å². The number of carbonyl (C=O) groups excluding carboxylic acids is 2. The lowest BCUT2D eigenvalue weighted by atomic mass is 10.3. The van der Waals surface area contributed by atoms with E-state index in [1.54, 1.807) is 12.4 Å². The van der Waals surface area contributed by atoms with E-state index in [0.717, 1.165) is 44.2 Å². The molecule has 13 heteroatoms. The van der Waals surface area contributed by atoms with Crippen molar-refractivity contribution in [2.75, 3.05) is 37.6 Å². The van der Waals surface area contributed by atoms with Crippen molar-refractivity contribution in [3.8, 4) is 0 Å². The fourth-order valence-electron chi connectivity index (χ4n) is 3.23. The minimum Gasteiger partial charge on any atom is -0.346 e. The van der Waals surface area contributed by atoms with E-state index in [0.29, 0.717) is 28.4 Å². The van der Waals surface area contributed by atoms with E-state index in [2.05, 4.69) is 51.1 Å². The molecule has 0 bridgehead atoms. The zero-order valence-electron chi connectivity index (χ0n) is 17.7. The van der Waals surface area contributed by atoms with Gasteiger partial charge in [0.2, 0.25) is 0 Å². The number of imidazole rings is 1. The van der Waals surface area contributed by atoms with Crippen LogP contribution in [0.1, 0.15) is 41.4 Å². The molecule has 3 aromatic heterocycles. The van der Waals surface area contributed by atoms with Crippen molar-refractivity contribution in [2.24, 2.45) is 0 Å². The second kappa shape index (κ2) is 10.3. The van der Waals surface area contributed by atoms with Gasteiger partial charge in [-0.3, -0.25) is 4.79 Å². The van der Waals surface area contributed by atoms with Gasteiger partial charge in [0.25, 0.3) is 5.91 Å². The summed E-state index contributed by atoms with van der Waals surface area (Å²) in [5.74, 6) is 0.000572. The normalized spacial score (nSPS) is 14.8. The summed E-state index contributed by atoms with van der Waals surface area (Å²) >= 11 is 1.32. The Morgan fingerprint density at radius 2 is 2.06 bits per heavy atom. The van der Waals surface area contributed by atoms with Crippen LogP contribution in [0.4, 0.5) is 9.93 Å². The van der Waals surface area contributed by atoms with Crippen LogP contribution in [0.15, 0.2) is 18.7 Å². The number of nitrogens with one attached hydrogen (secondary N) is 5. The smallest absolute Gasteiger partial charge is 0.316 e. The standard InChI is InChI=1S/C19H26N10O2S/c1-2-3-4-22-18(31)28-16(15-25-12-9-21-11-24-14(12)26-15)27-17(30)13-10-23-19(32-13)29-7-5-20-6-8-29/h9-11,16,20H,2-8H2,1H3,(H,27,30)(H2,22,28,31)(H,21,24,25,26). The molecule has 12 nitrogen and oxygen atoms in total. The molecule has 0 saturated carbocycles. The summed E-state index contributed by atoms with van der Waals surface area (Å²) in [6.07, 6.45) is 5.47. The summed E-state index contributed by atoms with van der Waals surface area (Å²) in [6, 6.07) is -0.402. The lowest BCUT2D eigenvalue weighted by Crippen LogP contribution is -2.46. The third-order valence-corrected chi connectivity index (χ3v) is 5.98. The Hall–Kier alpha value is -3.32. The van der Waals surface area contributed by atoms with Gasteiger partial charge in [-0.2, -0.15) is 0 Å². The number of urea groups is 1. The van der Waals surface area contributed by atoms with Crippen LogP contribution in [0, 0.1) is 0 Å². The summed E-state index contributed by atoms with van der Waals surface area (Å²) in [4.78, 5) is 47.9. The van der Waals surface area contributed by atoms with Gasteiger partial charge in [0.05, 0.1) is 12.4 Å². The Balaban J connectivity index is 1.49. The number of unbranched alkanes of at least 4 members (excludes halogenated alkanes) is 1. The first kappa shape index (κ1) is 21.9. The quantitative estimate of drug-likeness (QED) is 0.245. The first-order valence-corrected chi connectivity index (χ1v) is 11.4. The summed E-state index contributed by atoms with van der Waals surface area (Å²) < 4.78 is 0. The predicted molar refractivity (Wildman–Crippen MR) is 121 cm³/mol. The highest BCUT2D eigenvalue weighted by Gasteiger charge is 2.24. The number of rotatable bonds is 8. The number of aromatic nitrogens is 5. The molecule has 0 radical (unpaired) electrons. The van der Waals surface area contributed by atoms with Gasteiger partial charge in [0, 0.05) is 32.7 Å².